The number of rotatable bonds is 4. The molecule has 0 bridgehead atoms. The zero-order chi connectivity index (χ0) is 20.9. The van der Waals surface area contributed by atoms with Crippen LogP contribution in [-0.2, 0) is 16.4 Å². The van der Waals surface area contributed by atoms with E-state index in [4.69, 9.17) is 4.74 Å². The topological polar surface area (TPSA) is 72.4 Å². The molecule has 8 heteroatoms. The van der Waals surface area contributed by atoms with Gasteiger partial charge in [0.05, 0.1) is 17.3 Å². The van der Waals surface area contributed by atoms with Crippen LogP contribution in [0.5, 0.6) is 5.88 Å². The molecule has 1 saturated heterocycles. The van der Waals surface area contributed by atoms with Crippen molar-refractivity contribution in [3.63, 3.8) is 0 Å². The predicted molar refractivity (Wildman–Crippen MR) is 109 cm³/mol. The van der Waals surface area contributed by atoms with Gasteiger partial charge in [-0.3, -0.25) is 4.90 Å². The second-order valence-corrected chi connectivity index (χ2v) is 9.81. The first-order chi connectivity index (χ1) is 14.5. The Hall–Kier alpha value is -2.84. The minimum atomic E-state index is -3.39. The van der Waals surface area contributed by atoms with Gasteiger partial charge in [0.15, 0.2) is 9.84 Å². The van der Waals surface area contributed by atoms with Crippen molar-refractivity contribution in [1.82, 2.24) is 14.9 Å². The van der Waals surface area contributed by atoms with Gasteiger partial charge in [-0.25, -0.2) is 18.4 Å². The van der Waals surface area contributed by atoms with Crippen LogP contribution < -0.4 is 4.74 Å². The van der Waals surface area contributed by atoms with Crippen LogP contribution in [0.2, 0.25) is 0 Å². The minimum absolute atomic E-state index is 0.0963. The van der Waals surface area contributed by atoms with Gasteiger partial charge >= 0.3 is 0 Å². The van der Waals surface area contributed by atoms with E-state index < -0.39 is 21.0 Å². The monoisotopic (exact) mass is 425 g/mol. The second-order valence-electron chi connectivity index (χ2n) is 7.68. The summed E-state index contributed by atoms with van der Waals surface area (Å²) in [7, 11) is -1.81. The summed E-state index contributed by atoms with van der Waals surface area (Å²) in [5.41, 5.74) is 3.37. The fraction of sp³-hybridized carbons (Fsp3) is 0.273. The summed E-state index contributed by atoms with van der Waals surface area (Å²) in [6.45, 7) is 1.68. The number of aromatic nitrogens is 2. The molecule has 5 rings (SSSR count). The van der Waals surface area contributed by atoms with Gasteiger partial charge in [0, 0.05) is 49.1 Å². The fourth-order valence-electron chi connectivity index (χ4n) is 4.55. The van der Waals surface area contributed by atoms with E-state index in [0.29, 0.717) is 30.4 Å². The molecule has 0 spiro atoms. The first kappa shape index (κ1) is 19.1. The van der Waals surface area contributed by atoms with E-state index in [9.17, 15) is 12.8 Å². The number of fused-ring (bicyclic) bond motifs is 3. The molecule has 154 valence electrons. The van der Waals surface area contributed by atoms with E-state index in [1.165, 1.54) is 12.3 Å². The third-order valence-corrected chi connectivity index (χ3v) is 8.21. The molecule has 30 heavy (non-hydrogen) atoms. The van der Waals surface area contributed by atoms with E-state index in [1.807, 2.05) is 18.2 Å². The van der Waals surface area contributed by atoms with Crippen LogP contribution in [0.25, 0.3) is 11.1 Å². The highest BCUT2D eigenvalue weighted by Crippen LogP contribution is 2.46. The van der Waals surface area contributed by atoms with Crippen LogP contribution in [0.15, 0.2) is 59.8 Å². The molecule has 1 aromatic carbocycles. The molecule has 2 aliphatic rings. The molecule has 0 radical (unpaired) electrons. The Morgan fingerprint density at radius 1 is 1.13 bits per heavy atom. The molecule has 2 aliphatic heterocycles. The van der Waals surface area contributed by atoms with Crippen molar-refractivity contribution in [2.75, 3.05) is 20.2 Å². The van der Waals surface area contributed by atoms with Crippen LogP contribution in [0.3, 0.4) is 0 Å². The summed E-state index contributed by atoms with van der Waals surface area (Å²) in [4.78, 5) is 10.5. The van der Waals surface area contributed by atoms with E-state index in [1.54, 1.807) is 31.5 Å². The standard InChI is InChI=1S/C22H20FN3O3S/c1-29-22-16(3-2-8-24-22)11-26-12-18-17-9-14(15-5-7-21(23)25-10-15)4-6-19(17)30(27,28)20(18)13-26/h2-10,18,20H,11-13H2,1H3/t18-,20-/m0/s1. The molecule has 2 aromatic heterocycles. The van der Waals surface area contributed by atoms with Crippen LogP contribution >= 0.6 is 0 Å². The third-order valence-electron chi connectivity index (χ3n) is 5.95. The van der Waals surface area contributed by atoms with Gasteiger partial charge in [-0.1, -0.05) is 12.1 Å². The van der Waals surface area contributed by atoms with Crippen molar-refractivity contribution < 1.29 is 17.5 Å². The minimum Gasteiger partial charge on any atom is -0.481 e. The fourth-order valence-corrected chi connectivity index (χ4v) is 6.74. The average molecular weight is 425 g/mol. The number of hydrogen-bond donors (Lipinski definition) is 0. The maximum Gasteiger partial charge on any atom is 0.217 e. The molecule has 0 saturated carbocycles. The predicted octanol–water partition coefficient (Wildman–Crippen LogP) is 3.05. The zero-order valence-corrected chi connectivity index (χ0v) is 17.1. The van der Waals surface area contributed by atoms with Crippen LogP contribution in [0, 0.1) is 5.95 Å². The Balaban J connectivity index is 1.46. The molecule has 1 fully saturated rings. The van der Waals surface area contributed by atoms with Gasteiger partial charge in [-0.15, -0.1) is 0 Å². The summed E-state index contributed by atoms with van der Waals surface area (Å²) < 4.78 is 44.8. The van der Waals surface area contributed by atoms with Crippen molar-refractivity contribution in [3.05, 3.63) is 71.9 Å². The molecule has 3 aromatic rings. The van der Waals surface area contributed by atoms with Crippen LogP contribution in [0.4, 0.5) is 4.39 Å². The largest absolute Gasteiger partial charge is 0.481 e. The highest BCUT2D eigenvalue weighted by molar-refractivity contribution is 7.92. The lowest BCUT2D eigenvalue weighted by Gasteiger charge is -2.18. The summed E-state index contributed by atoms with van der Waals surface area (Å²) >= 11 is 0. The van der Waals surface area contributed by atoms with Gasteiger partial charge in [-0.05, 0) is 41.5 Å². The van der Waals surface area contributed by atoms with Crippen molar-refractivity contribution in [2.45, 2.75) is 22.6 Å². The lowest BCUT2D eigenvalue weighted by Crippen LogP contribution is -2.26. The third kappa shape index (κ3) is 3.07. The summed E-state index contributed by atoms with van der Waals surface area (Å²) in [5, 5.41) is -0.461. The van der Waals surface area contributed by atoms with Crippen molar-refractivity contribution in [3.8, 4) is 17.0 Å². The Kier molecular flexibility index (Phi) is 4.56. The van der Waals surface area contributed by atoms with Gasteiger partial charge in [0.1, 0.15) is 0 Å². The lowest BCUT2D eigenvalue weighted by atomic mass is 9.95. The molecule has 2 atom stereocenters. The van der Waals surface area contributed by atoms with Gasteiger partial charge < -0.3 is 4.74 Å². The number of sulfone groups is 1. The van der Waals surface area contributed by atoms with Gasteiger partial charge in [-0.2, -0.15) is 4.39 Å². The molecule has 0 N–H and O–H groups in total. The number of methoxy groups -OCH3 is 1. The zero-order valence-electron chi connectivity index (χ0n) is 16.3. The maximum atomic E-state index is 13.2. The first-order valence-electron chi connectivity index (χ1n) is 9.67. The van der Waals surface area contributed by atoms with Crippen LogP contribution in [0.1, 0.15) is 17.0 Å². The van der Waals surface area contributed by atoms with Crippen LogP contribution in [-0.4, -0.2) is 48.7 Å². The Morgan fingerprint density at radius 3 is 2.73 bits per heavy atom. The maximum absolute atomic E-state index is 13.2. The number of hydrogen-bond acceptors (Lipinski definition) is 6. The molecular formula is C22H20FN3O3S. The van der Waals surface area contributed by atoms with Crippen molar-refractivity contribution >= 4 is 9.84 Å². The summed E-state index contributed by atoms with van der Waals surface area (Å²) in [6, 6.07) is 12.1. The number of ether oxygens (including phenoxy) is 1. The quantitative estimate of drug-likeness (QED) is 0.599. The highest BCUT2D eigenvalue weighted by atomic mass is 32.2. The molecule has 0 aliphatic carbocycles. The number of halogens is 1. The Morgan fingerprint density at radius 2 is 1.97 bits per heavy atom. The molecule has 0 unspecified atom stereocenters. The van der Waals surface area contributed by atoms with Gasteiger partial charge in [0.2, 0.25) is 11.8 Å². The Bertz CT molecular complexity index is 1210. The average Bonchev–Trinajstić information content (AvgIpc) is 3.26. The SMILES string of the molecule is COc1ncccc1CN1C[C@H]2c3cc(-c4ccc(F)nc4)ccc3S(=O)(=O)[C@H]2C1. The highest BCUT2D eigenvalue weighted by Gasteiger charge is 2.50. The number of benzene rings is 1. The van der Waals surface area contributed by atoms with E-state index in [-0.39, 0.29) is 5.92 Å². The number of likely N-dealkylation sites (tertiary alicyclic amines) is 1. The van der Waals surface area contributed by atoms with Crippen molar-refractivity contribution in [1.29, 1.82) is 0 Å². The second kappa shape index (κ2) is 7.14. The number of nitrogens with zero attached hydrogens (tertiary/aromatic N) is 3. The van der Waals surface area contributed by atoms with E-state index >= 15 is 0 Å². The van der Waals surface area contributed by atoms with E-state index in [2.05, 4.69) is 14.9 Å². The molecule has 4 heterocycles. The summed E-state index contributed by atoms with van der Waals surface area (Å²) in [5.74, 6) is -0.0789. The first-order valence-corrected chi connectivity index (χ1v) is 11.2. The van der Waals surface area contributed by atoms with Gasteiger partial charge in [0.25, 0.3) is 0 Å². The Labute approximate surface area is 174 Å². The molecule has 6 nitrogen and oxygen atoms in total. The number of pyridine rings is 2. The summed E-state index contributed by atoms with van der Waals surface area (Å²) in [6.07, 6.45) is 3.14. The van der Waals surface area contributed by atoms with E-state index in [0.717, 1.165) is 22.3 Å². The molecule has 0 amide bonds. The normalized spacial score (nSPS) is 21.9. The lowest BCUT2D eigenvalue weighted by molar-refractivity contribution is 0.313. The molecular weight excluding hydrogens is 405 g/mol. The smallest absolute Gasteiger partial charge is 0.217 e. The van der Waals surface area contributed by atoms with Crippen molar-refractivity contribution in [2.24, 2.45) is 0 Å².